The fourth-order valence-corrected chi connectivity index (χ4v) is 7.57. The van der Waals surface area contributed by atoms with E-state index in [1.54, 1.807) is 6.92 Å². The van der Waals surface area contributed by atoms with Gasteiger partial charge in [0.2, 0.25) is 23.6 Å². The van der Waals surface area contributed by atoms with Crippen LogP contribution in [-0.4, -0.2) is 260 Å². The molecule has 768 valence electrons. The van der Waals surface area contributed by atoms with Gasteiger partial charge in [-0.3, -0.25) is 72.9 Å². The molecule has 129 heavy (non-hydrogen) atoms. The molecule has 0 aromatic rings. The first-order valence-electron chi connectivity index (χ1n) is 44.7. The first-order chi connectivity index (χ1) is 60.4. The summed E-state index contributed by atoms with van der Waals surface area (Å²) in [5.41, 5.74) is 120. The molecular weight excluding hydrogens is 1670 g/mol. The Labute approximate surface area is 773 Å². The van der Waals surface area contributed by atoms with Gasteiger partial charge in [0.05, 0.1) is 100 Å². The highest BCUT2D eigenvalue weighted by atomic mass is 16.5. The molecule has 8 atom stereocenters. The number of aliphatic imine (C=N–C) groups is 2. The Balaban J connectivity index is -0.000000103. The van der Waals surface area contributed by atoms with Gasteiger partial charge in [-0.15, -0.1) is 0 Å². The van der Waals surface area contributed by atoms with Crippen molar-refractivity contribution in [2.45, 2.75) is 331 Å². The number of nitrogens with two attached hydrogens (primary N) is 23. The lowest BCUT2D eigenvalue weighted by Gasteiger charge is -2.06. The molecule has 0 rings (SSSR count). The van der Waals surface area contributed by atoms with Crippen LogP contribution in [0.2, 0.25) is 0 Å². The van der Waals surface area contributed by atoms with Crippen molar-refractivity contribution in [3.63, 3.8) is 0 Å². The number of primary amides is 4. The number of ether oxygens (including phenoxy) is 5. The topological polar surface area (TPSA) is 922 Å². The average molecular weight is 1860 g/mol. The number of nitrogens with one attached hydrogen (secondary N) is 2. The van der Waals surface area contributed by atoms with Crippen LogP contribution in [-0.2, 0) is 81.2 Å². The van der Waals surface area contributed by atoms with E-state index in [0.717, 1.165) is 129 Å². The summed E-state index contributed by atoms with van der Waals surface area (Å²) in [6, 6.07) is -3.80. The molecule has 0 spiro atoms. The molecule has 0 radical (unpaired) electrons. The van der Waals surface area contributed by atoms with Gasteiger partial charge in [0.15, 0.2) is 11.9 Å². The largest absolute Gasteiger partial charge is 0.388 e. The number of unbranched alkanes of at least 4 members (excludes halogenated alkanes) is 8. The van der Waals surface area contributed by atoms with Gasteiger partial charge in [0.1, 0.15) is 46.3 Å². The molecule has 48 N–H and O–H groups in total. The highest BCUT2D eigenvalue weighted by Crippen LogP contribution is 2.04. The summed E-state index contributed by atoms with van der Waals surface area (Å²) >= 11 is 0. The van der Waals surface area contributed by atoms with Crippen LogP contribution in [0.5, 0.6) is 0 Å². The highest BCUT2D eigenvalue weighted by molar-refractivity contribution is 5.88. The monoisotopic (exact) mass is 1860 g/mol. The van der Waals surface area contributed by atoms with Gasteiger partial charge in [-0.05, 0) is 211 Å². The van der Waals surface area contributed by atoms with Crippen molar-refractivity contribution < 1.29 is 81.2 Å². The first kappa shape index (κ1) is 150. The molecule has 0 aliphatic heterocycles. The Morgan fingerprint density at radius 2 is 0.512 bits per heavy atom. The van der Waals surface area contributed by atoms with E-state index in [2.05, 4.69) is 37.7 Å². The van der Waals surface area contributed by atoms with Crippen LogP contribution < -0.4 is 132 Å². The van der Waals surface area contributed by atoms with Crippen LogP contribution in [0.1, 0.15) is 283 Å². The van der Waals surface area contributed by atoms with Gasteiger partial charge in [-0.25, -0.2) is 0 Å². The molecular formula is C85H191N27O17. The van der Waals surface area contributed by atoms with Gasteiger partial charge >= 0.3 is 0 Å². The van der Waals surface area contributed by atoms with E-state index in [4.69, 9.17) is 166 Å². The first-order valence-corrected chi connectivity index (χ1v) is 44.7. The Bertz CT molecular complexity index is 2550. The molecule has 0 aromatic heterocycles. The lowest BCUT2D eigenvalue weighted by atomic mass is 10.1. The quantitative estimate of drug-likeness (QED) is 0.0202. The van der Waals surface area contributed by atoms with Crippen LogP contribution in [0.15, 0.2) is 9.98 Å². The Morgan fingerprint density at radius 3 is 0.752 bits per heavy atom. The van der Waals surface area contributed by atoms with Crippen molar-refractivity contribution in [1.29, 1.82) is 10.8 Å². The number of amidine groups is 1. The van der Waals surface area contributed by atoms with Crippen LogP contribution in [0.25, 0.3) is 0 Å². The van der Waals surface area contributed by atoms with E-state index in [0.29, 0.717) is 123 Å². The number of carbonyl (C=O) groups is 12. The lowest BCUT2D eigenvalue weighted by Crippen LogP contribution is -2.33. The van der Waals surface area contributed by atoms with Gasteiger partial charge < -0.3 is 161 Å². The molecule has 0 aliphatic rings. The molecule has 0 unspecified atom stereocenters. The number of amides is 4. The second-order valence-electron chi connectivity index (χ2n) is 29.4. The van der Waals surface area contributed by atoms with E-state index >= 15 is 0 Å². The van der Waals surface area contributed by atoms with Gasteiger partial charge in [-0.2, -0.15) is 0 Å². The number of Topliss-reactive ketones (excluding diaryl/α,β-unsaturated/α-hetero) is 8. The summed E-state index contributed by atoms with van der Waals surface area (Å²) < 4.78 is 26.2. The van der Waals surface area contributed by atoms with E-state index in [1.807, 2.05) is 0 Å². The van der Waals surface area contributed by atoms with Gasteiger partial charge in [0.25, 0.3) is 0 Å². The molecule has 0 saturated carbocycles. The predicted molar refractivity (Wildman–Crippen MR) is 522 cm³/mol. The smallest absolute Gasteiger partial charge is 0.219 e. The van der Waals surface area contributed by atoms with E-state index in [-0.39, 0.29) is 114 Å². The summed E-state index contributed by atoms with van der Waals surface area (Å²) in [5, 5.41) is 14.0. The van der Waals surface area contributed by atoms with Gasteiger partial charge in [-0.1, -0.05) is 72.6 Å². The molecule has 0 heterocycles. The fraction of sp³-hybridized carbons (Fsp3) is 0.812. The molecule has 44 nitrogen and oxygen atoms in total. The van der Waals surface area contributed by atoms with E-state index in [1.165, 1.54) is 93.9 Å². The Hall–Kier alpha value is -7.84. The van der Waals surface area contributed by atoms with Crippen LogP contribution in [0.4, 0.5) is 0 Å². The minimum absolute atomic E-state index is 0.000278. The zero-order chi connectivity index (χ0) is 103. The molecule has 0 fully saturated rings. The Kier molecular flexibility index (Phi) is 139. The zero-order valence-electron chi connectivity index (χ0n) is 81.7. The minimum atomic E-state index is -0.720. The number of ketones is 8. The summed E-state index contributed by atoms with van der Waals surface area (Å²) in [6.07, 6.45) is 24.5. The molecule has 0 saturated heterocycles. The lowest BCUT2D eigenvalue weighted by molar-refractivity contribution is -0.123. The second-order valence-corrected chi connectivity index (χ2v) is 29.4. The van der Waals surface area contributed by atoms with Crippen molar-refractivity contribution in [3.8, 4) is 0 Å². The third kappa shape index (κ3) is 174. The van der Waals surface area contributed by atoms with Crippen molar-refractivity contribution in [3.05, 3.63) is 0 Å². The predicted octanol–water partition coefficient (Wildman–Crippen LogP) is -0.765. The summed E-state index contributed by atoms with van der Waals surface area (Å²) in [7, 11) is 0. The van der Waals surface area contributed by atoms with Crippen LogP contribution in [0.3, 0.4) is 0 Å². The van der Waals surface area contributed by atoms with Crippen molar-refractivity contribution in [1.82, 2.24) is 0 Å². The molecule has 0 aromatic carbocycles. The third-order valence-electron chi connectivity index (χ3n) is 16.0. The normalized spacial score (nSPS) is 11.6. The number of nitrogens with zero attached hydrogens (tertiary/aromatic N) is 2. The maximum Gasteiger partial charge on any atom is 0.219 e. The van der Waals surface area contributed by atoms with E-state index < -0.39 is 47.8 Å². The average Bonchev–Trinajstić information content (AvgIpc) is 0.990. The maximum atomic E-state index is 10.7. The number of carbonyl (C=O) groups excluding carboxylic acids is 12. The number of guanidine groups is 2. The number of hydrogen-bond donors (Lipinski definition) is 25. The molecule has 44 heteroatoms. The van der Waals surface area contributed by atoms with Crippen LogP contribution >= 0.6 is 0 Å². The number of hydrogen-bond acceptors (Lipinski definition) is 35. The van der Waals surface area contributed by atoms with Crippen molar-refractivity contribution >= 4 is 93.4 Å². The third-order valence-corrected chi connectivity index (χ3v) is 16.0. The standard InChI is InChI=1S/C11H25NO3.2C7H16N4O.C7H15N3.2C7H16N2O.C7H17NO2.C7H17N.2C6H12N2O2.2C5H10N2O2.C3H9N/c1-2-3-6-13-8-10-15-11-9-14-7-4-5-12;2*1-5(12)6(8)3-2-4-11-7(9)10;1-6(8)4-2-3-5-7(9)10;2*1-6(10)7(9)4-2-3-5-8;1-2-4-9-6-7-10-5-3-8;1-2-3-4-5-6-7-8;2*1-4(9)5(7)2-3-6(8)10;2*1-3(8)4(6)2-5(7)9;1-2-3-4/h2-12H2,1H3;2*6H,2-4,8H2,1H3,(H4,9,10,11);8H,2-5H2,1H3,(H3,9,10);2*7H,2-5,8-9H2,1H3;2-8H2,1H3;2-8H2,1H3;2*5H,2-3,7H2,1H3,(H2,8,10);2*4H,2,6H2,1H3,(H2,7,9);2-4H2,1H3/t;2*6-;;2*7-;;;2*5-;2*4-;/m.10.10..1010./s1. The van der Waals surface area contributed by atoms with Crippen molar-refractivity contribution in [2.24, 2.45) is 142 Å². The minimum Gasteiger partial charge on any atom is -0.388 e. The second kappa shape index (κ2) is 120. The zero-order valence-corrected chi connectivity index (χ0v) is 81.7. The van der Waals surface area contributed by atoms with Crippen molar-refractivity contribution in [2.75, 3.05) is 118 Å². The summed E-state index contributed by atoms with van der Waals surface area (Å²) in [6.45, 7) is 34.2. The highest BCUT2D eigenvalue weighted by Gasteiger charge is 2.14. The number of rotatable bonds is 64. The maximum absolute atomic E-state index is 10.7. The fourth-order valence-electron chi connectivity index (χ4n) is 7.57. The Morgan fingerprint density at radius 1 is 0.248 bits per heavy atom. The molecule has 0 bridgehead atoms. The SMILES string of the molecule is CC(=N)CCCCC(=N)N.CC(=O)[C@@H](N)CC(N)=O.CC(=O)[C@@H](N)CCC(N)=O.CC(=O)[C@@H](N)CCCCN.CC(=O)[C@@H](N)CCCN=C(N)N.CC(=O)[C@H](N)CC(N)=O.CC(=O)[C@H](N)CCC(N)=O.CC(=O)[C@H](N)CCCCN.CC(=O)[C@H](N)CCCN=C(N)N.CCCCCCCN.CCCCOCCOCCOCCCN.CCCN.CCCOCCOCCN. The van der Waals surface area contributed by atoms with E-state index in [9.17, 15) is 57.5 Å². The summed E-state index contributed by atoms with van der Waals surface area (Å²) in [4.78, 5) is 132. The van der Waals surface area contributed by atoms with Crippen LogP contribution in [0, 0.1) is 10.8 Å². The molecule has 0 aliphatic carbocycles. The molecule has 4 amide bonds. The van der Waals surface area contributed by atoms with Gasteiger partial charge in [0, 0.05) is 77.3 Å². The summed E-state index contributed by atoms with van der Waals surface area (Å²) in [5.74, 6) is -2.04.